The fourth-order valence-electron chi connectivity index (χ4n) is 4.69. The number of halogens is 1. The minimum atomic E-state index is -0.162. The number of hydrogen-bond donors (Lipinski definition) is 3. The zero-order valence-corrected chi connectivity index (χ0v) is 19.4. The van der Waals surface area contributed by atoms with Gasteiger partial charge in [-0.2, -0.15) is 0 Å². The third-order valence-corrected chi connectivity index (χ3v) is 6.40. The molecule has 0 spiro atoms. The topological polar surface area (TPSA) is 66.0 Å². The molecule has 2 aromatic rings. The Kier molecular flexibility index (Phi) is 9.16. The van der Waals surface area contributed by atoms with Gasteiger partial charge >= 0.3 is 0 Å². The highest BCUT2D eigenvalue weighted by atomic mass is 35.5. The van der Waals surface area contributed by atoms with Crippen LogP contribution in [0.25, 0.3) is 0 Å². The second-order valence-electron chi connectivity index (χ2n) is 8.46. The number of carbonyl (C=O) groups excluding carboxylic acids is 1. The lowest BCUT2D eigenvalue weighted by atomic mass is 9.78. The molecule has 1 aliphatic heterocycles. The zero-order chi connectivity index (χ0) is 22.1. The van der Waals surface area contributed by atoms with Gasteiger partial charge in [0.2, 0.25) is 0 Å². The molecule has 1 amide bonds. The van der Waals surface area contributed by atoms with E-state index in [9.17, 15) is 4.79 Å². The predicted octanol–water partition coefficient (Wildman–Crippen LogP) is 5.98. The molecule has 1 aromatic carbocycles. The Morgan fingerprint density at radius 1 is 1.13 bits per heavy atom. The van der Waals surface area contributed by atoms with E-state index < -0.39 is 0 Å². The molecule has 1 fully saturated rings. The second kappa shape index (κ2) is 12.1. The summed E-state index contributed by atoms with van der Waals surface area (Å²) in [7, 11) is 0. The van der Waals surface area contributed by atoms with Gasteiger partial charge in [0.25, 0.3) is 5.91 Å². The summed E-state index contributed by atoms with van der Waals surface area (Å²) < 4.78 is 0. The quantitative estimate of drug-likeness (QED) is 0.423. The average molecular weight is 443 g/mol. The van der Waals surface area contributed by atoms with E-state index in [0.717, 1.165) is 18.8 Å². The Bertz CT molecular complexity index is 815. The average Bonchev–Trinajstić information content (AvgIpc) is 2.80. The summed E-state index contributed by atoms with van der Waals surface area (Å²) in [5.74, 6) is 1.55. The van der Waals surface area contributed by atoms with Crippen molar-refractivity contribution < 1.29 is 4.79 Å². The van der Waals surface area contributed by atoms with Crippen LogP contribution in [0.5, 0.6) is 0 Å². The van der Waals surface area contributed by atoms with Crippen LogP contribution in [0, 0.1) is 11.8 Å². The highest BCUT2D eigenvalue weighted by Crippen LogP contribution is 2.32. The Balaban J connectivity index is 1.83. The third-order valence-electron chi connectivity index (χ3n) is 6.18. The van der Waals surface area contributed by atoms with Gasteiger partial charge in [-0.1, -0.05) is 50.4 Å². The number of anilines is 2. The SMILES string of the molecule is CCCC(CCC)C(Nc1ccccc1C(=O)Nc1ccc(Cl)cn1)C1CCNCC1. The Hall–Kier alpha value is -2.11. The van der Waals surface area contributed by atoms with Crippen LogP contribution >= 0.6 is 11.6 Å². The van der Waals surface area contributed by atoms with Crippen molar-refractivity contribution in [2.45, 2.75) is 58.4 Å². The molecule has 3 rings (SSSR count). The molecule has 0 bridgehead atoms. The molecule has 1 aliphatic rings. The highest BCUT2D eigenvalue weighted by Gasteiger charge is 2.30. The Morgan fingerprint density at radius 2 is 1.84 bits per heavy atom. The molecule has 0 radical (unpaired) electrons. The molecule has 1 unspecified atom stereocenters. The largest absolute Gasteiger partial charge is 0.381 e. The maximum atomic E-state index is 13.1. The zero-order valence-electron chi connectivity index (χ0n) is 18.7. The number of piperidine rings is 1. The van der Waals surface area contributed by atoms with Crippen LogP contribution in [0.4, 0.5) is 11.5 Å². The molecule has 3 N–H and O–H groups in total. The van der Waals surface area contributed by atoms with Crippen molar-refractivity contribution in [2.75, 3.05) is 23.7 Å². The van der Waals surface area contributed by atoms with Crippen LogP contribution < -0.4 is 16.0 Å². The van der Waals surface area contributed by atoms with E-state index in [1.54, 1.807) is 12.1 Å². The van der Waals surface area contributed by atoms with Crippen molar-refractivity contribution in [1.29, 1.82) is 0 Å². The second-order valence-corrected chi connectivity index (χ2v) is 8.89. The summed E-state index contributed by atoms with van der Waals surface area (Å²) in [6.45, 7) is 6.67. The first kappa shape index (κ1) is 23.6. The minimum absolute atomic E-state index is 0.162. The van der Waals surface area contributed by atoms with Crippen molar-refractivity contribution >= 4 is 29.0 Å². The number of para-hydroxylation sites is 1. The van der Waals surface area contributed by atoms with E-state index >= 15 is 0 Å². The molecule has 1 aromatic heterocycles. The van der Waals surface area contributed by atoms with Gasteiger partial charge in [-0.25, -0.2) is 4.98 Å². The van der Waals surface area contributed by atoms with Crippen LogP contribution in [0.15, 0.2) is 42.6 Å². The normalized spacial score (nSPS) is 15.6. The molecular weight excluding hydrogens is 408 g/mol. The first-order valence-electron chi connectivity index (χ1n) is 11.6. The smallest absolute Gasteiger partial charge is 0.258 e. The number of nitrogens with one attached hydrogen (secondary N) is 3. The van der Waals surface area contributed by atoms with Crippen LogP contribution in [-0.2, 0) is 0 Å². The summed E-state index contributed by atoms with van der Waals surface area (Å²) in [4.78, 5) is 17.3. The van der Waals surface area contributed by atoms with E-state index in [-0.39, 0.29) is 5.91 Å². The van der Waals surface area contributed by atoms with Gasteiger partial charge in [-0.3, -0.25) is 4.79 Å². The maximum absolute atomic E-state index is 13.1. The van der Waals surface area contributed by atoms with E-state index in [1.165, 1.54) is 44.7 Å². The van der Waals surface area contributed by atoms with Crippen molar-refractivity contribution in [3.8, 4) is 0 Å². The number of rotatable bonds is 10. The molecule has 2 heterocycles. The molecule has 168 valence electrons. The van der Waals surface area contributed by atoms with Gasteiger partial charge in [0.15, 0.2) is 0 Å². The molecule has 5 nitrogen and oxygen atoms in total. The predicted molar refractivity (Wildman–Crippen MR) is 130 cm³/mol. The van der Waals surface area contributed by atoms with E-state index in [2.05, 4.69) is 34.8 Å². The minimum Gasteiger partial charge on any atom is -0.381 e. The number of carbonyl (C=O) groups is 1. The van der Waals surface area contributed by atoms with E-state index in [0.29, 0.717) is 34.3 Å². The monoisotopic (exact) mass is 442 g/mol. The van der Waals surface area contributed by atoms with Crippen LogP contribution in [0.3, 0.4) is 0 Å². The number of benzene rings is 1. The van der Waals surface area contributed by atoms with Crippen molar-refractivity contribution in [3.05, 3.63) is 53.2 Å². The van der Waals surface area contributed by atoms with E-state index in [1.807, 2.05) is 24.3 Å². The molecule has 6 heteroatoms. The number of nitrogens with zero attached hydrogens (tertiary/aromatic N) is 1. The van der Waals surface area contributed by atoms with Crippen LogP contribution in [0.2, 0.25) is 5.02 Å². The fraction of sp³-hybridized carbons (Fsp3) is 0.520. The lowest BCUT2D eigenvalue weighted by Crippen LogP contribution is -2.42. The molecule has 0 saturated carbocycles. The van der Waals surface area contributed by atoms with Gasteiger partial charge in [-0.15, -0.1) is 0 Å². The van der Waals surface area contributed by atoms with Crippen molar-refractivity contribution in [2.24, 2.45) is 11.8 Å². The summed E-state index contributed by atoms with van der Waals surface area (Å²) in [6.07, 6.45) is 8.65. The summed E-state index contributed by atoms with van der Waals surface area (Å²) in [5, 5.41) is 10.8. The fourth-order valence-corrected chi connectivity index (χ4v) is 4.80. The van der Waals surface area contributed by atoms with Crippen molar-refractivity contribution in [1.82, 2.24) is 10.3 Å². The molecule has 1 atom stereocenters. The van der Waals surface area contributed by atoms with Gasteiger partial charge in [0.1, 0.15) is 5.82 Å². The maximum Gasteiger partial charge on any atom is 0.258 e. The molecular formula is C25H35ClN4O. The van der Waals surface area contributed by atoms with Gasteiger partial charge in [0, 0.05) is 17.9 Å². The lowest BCUT2D eigenvalue weighted by molar-refractivity contribution is 0.102. The molecule has 0 aliphatic carbocycles. The third kappa shape index (κ3) is 6.68. The summed E-state index contributed by atoms with van der Waals surface area (Å²) in [6, 6.07) is 11.6. The van der Waals surface area contributed by atoms with E-state index in [4.69, 9.17) is 11.6 Å². The van der Waals surface area contributed by atoms with Gasteiger partial charge in [-0.05, 0) is 74.9 Å². The number of aromatic nitrogens is 1. The molecule has 31 heavy (non-hydrogen) atoms. The number of amides is 1. The van der Waals surface area contributed by atoms with Crippen LogP contribution in [0.1, 0.15) is 62.7 Å². The number of hydrogen-bond acceptors (Lipinski definition) is 4. The summed E-state index contributed by atoms with van der Waals surface area (Å²) in [5.41, 5.74) is 1.54. The van der Waals surface area contributed by atoms with Crippen molar-refractivity contribution in [3.63, 3.8) is 0 Å². The van der Waals surface area contributed by atoms with Gasteiger partial charge < -0.3 is 16.0 Å². The first-order chi connectivity index (χ1) is 15.1. The summed E-state index contributed by atoms with van der Waals surface area (Å²) >= 11 is 5.91. The Morgan fingerprint density at radius 3 is 2.48 bits per heavy atom. The molecule has 1 saturated heterocycles. The van der Waals surface area contributed by atoms with Gasteiger partial charge in [0.05, 0.1) is 10.6 Å². The lowest BCUT2D eigenvalue weighted by Gasteiger charge is -2.38. The number of pyridine rings is 1. The highest BCUT2D eigenvalue weighted by molar-refractivity contribution is 6.30. The Labute approximate surface area is 191 Å². The van der Waals surface area contributed by atoms with Crippen LogP contribution in [-0.4, -0.2) is 30.0 Å². The standard InChI is InChI=1S/C25H35ClN4O/c1-3-7-18(8-4-2)24(19-13-15-27-16-14-19)29-22-10-6-5-9-21(22)25(31)30-23-12-11-20(26)17-28-23/h5-6,9-12,17-19,24,27,29H,3-4,7-8,13-16H2,1-2H3,(H,28,30,31). The first-order valence-corrected chi connectivity index (χ1v) is 12.0.